The molecule has 0 saturated heterocycles. The van der Waals surface area contributed by atoms with Crippen LogP contribution >= 0.6 is 23.2 Å². The lowest BCUT2D eigenvalue weighted by molar-refractivity contribution is 0.548. The molecular weight excluding hydrogens is 307 g/mol. The van der Waals surface area contributed by atoms with Crippen molar-refractivity contribution in [1.29, 1.82) is 0 Å². The van der Waals surface area contributed by atoms with Gasteiger partial charge in [0.15, 0.2) is 0 Å². The van der Waals surface area contributed by atoms with Crippen LogP contribution in [0.4, 0.5) is 0 Å². The highest BCUT2D eigenvalue weighted by Gasteiger charge is 2.07. The molecule has 1 aromatic carbocycles. The third kappa shape index (κ3) is 6.58. The minimum atomic E-state index is -3.10. The summed E-state index contributed by atoms with van der Waals surface area (Å²) in [7, 11) is -3.10. The SMILES string of the molecule is CC(NCCCNS(C)(=O)=O)c1ccc(Cl)c(Cl)c1. The summed E-state index contributed by atoms with van der Waals surface area (Å²) in [5.41, 5.74) is 1.05. The molecule has 1 atom stereocenters. The van der Waals surface area contributed by atoms with Crippen LogP contribution in [0.15, 0.2) is 18.2 Å². The van der Waals surface area contributed by atoms with Gasteiger partial charge in [-0.1, -0.05) is 29.3 Å². The number of sulfonamides is 1. The largest absolute Gasteiger partial charge is 0.310 e. The maximum atomic E-state index is 10.9. The summed E-state index contributed by atoms with van der Waals surface area (Å²) in [6.07, 6.45) is 1.87. The molecule has 0 bridgehead atoms. The Labute approximate surface area is 124 Å². The number of hydrogen-bond acceptors (Lipinski definition) is 3. The molecule has 2 N–H and O–H groups in total. The van der Waals surface area contributed by atoms with Crippen LogP contribution in [0.5, 0.6) is 0 Å². The highest BCUT2D eigenvalue weighted by molar-refractivity contribution is 7.88. The van der Waals surface area contributed by atoms with Crippen LogP contribution in [0.1, 0.15) is 24.9 Å². The van der Waals surface area contributed by atoms with Gasteiger partial charge < -0.3 is 5.32 Å². The van der Waals surface area contributed by atoms with Gasteiger partial charge in [-0.25, -0.2) is 13.1 Å². The van der Waals surface area contributed by atoms with Crippen LogP contribution in [-0.2, 0) is 10.0 Å². The van der Waals surface area contributed by atoms with Gasteiger partial charge >= 0.3 is 0 Å². The van der Waals surface area contributed by atoms with Gasteiger partial charge in [0.2, 0.25) is 10.0 Å². The lowest BCUT2D eigenvalue weighted by atomic mass is 10.1. The van der Waals surface area contributed by atoms with E-state index in [2.05, 4.69) is 10.0 Å². The van der Waals surface area contributed by atoms with Crippen molar-refractivity contribution in [2.24, 2.45) is 0 Å². The number of rotatable bonds is 7. The number of benzene rings is 1. The van der Waals surface area contributed by atoms with E-state index in [1.54, 1.807) is 6.07 Å². The second-order valence-electron chi connectivity index (χ2n) is 4.37. The number of nitrogens with one attached hydrogen (secondary N) is 2. The van der Waals surface area contributed by atoms with E-state index >= 15 is 0 Å². The molecule has 1 aromatic rings. The molecule has 1 unspecified atom stereocenters. The average Bonchev–Trinajstić information content (AvgIpc) is 2.30. The summed E-state index contributed by atoms with van der Waals surface area (Å²) < 4.78 is 24.2. The van der Waals surface area contributed by atoms with Crippen molar-refractivity contribution in [3.05, 3.63) is 33.8 Å². The van der Waals surface area contributed by atoms with E-state index in [1.165, 1.54) is 0 Å². The smallest absolute Gasteiger partial charge is 0.208 e. The number of halogens is 2. The highest BCUT2D eigenvalue weighted by Crippen LogP contribution is 2.25. The molecule has 4 nitrogen and oxygen atoms in total. The summed E-state index contributed by atoms with van der Waals surface area (Å²) in [6.45, 7) is 3.16. The molecule has 108 valence electrons. The first-order chi connectivity index (χ1) is 8.79. The molecule has 0 radical (unpaired) electrons. The molecule has 0 saturated carbocycles. The second-order valence-corrected chi connectivity index (χ2v) is 7.02. The maximum Gasteiger partial charge on any atom is 0.208 e. The van der Waals surface area contributed by atoms with E-state index in [0.717, 1.165) is 18.2 Å². The maximum absolute atomic E-state index is 10.9. The van der Waals surface area contributed by atoms with Gasteiger partial charge in [0.05, 0.1) is 16.3 Å². The molecule has 0 aliphatic rings. The summed E-state index contributed by atoms with van der Waals surface area (Å²) in [6, 6.07) is 5.65. The van der Waals surface area contributed by atoms with E-state index < -0.39 is 10.0 Å². The van der Waals surface area contributed by atoms with Gasteiger partial charge in [0.25, 0.3) is 0 Å². The van der Waals surface area contributed by atoms with E-state index in [4.69, 9.17) is 23.2 Å². The molecule has 0 aliphatic carbocycles. The molecule has 0 amide bonds. The zero-order valence-electron chi connectivity index (χ0n) is 10.9. The van der Waals surface area contributed by atoms with Crippen molar-refractivity contribution in [2.75, 3.05) is 19.3 Å². The van der Waals surface area contributed by atoms with Gasteiger partial charge in [-0.05, 0) is 37.6 Å². The van der Waals surface area contributed by atoms with Crippen molar-refractivity contribution in [1.82, 2.24) is 10.0 Å². The first-order valence-corrected chi connectivity index (χ1v) is 8.57. The van der Waals surface area contributed by atoms with Crippen LogP contribution < -0.4 is 10.0 Å². The molecule has 0 aromatic heterocycles. The zero-order valence-corrected chi connectivity index (χ0v) is 13.2. The first kappa shape index (κ1) is 16.7. The van der Waals surface area contributed by atoms with Crippen LogP contribution in [0.2, 0.25) is 10.0 Å². The van der Waals surface area contributed by atoms with Crippen molar-refractivity contribution >= 4 is 33.2 Å². The summed E-state index contributed by atoms with van der Waals surface area (Å²) in [5, 5.41) is 4.37. The molecule has 7 heteroatoms. The lowest BCUT2D eigenvalue weighted by Gasteiger charge is -2.15. The van der Waals surface area contributed by atoms with E-state index in [9.17, 15) is 8.42 Å². The topological polar surface area (TPSA) is 58.2 Å². The summed E-state index contributed by atoms with van der Waals surface area (Å²) in [4.78, 5) is 0. The molecular formula is C12H18Cl2N2O2S. The van der Waals surface area contributed by atoms with Crippen LogP contribution in [0, 0.1) is 0 Å². The summed E-state index contributed by atoms with van der Waals surface area (Å²) >= 11 is 11.8. The minimum Gasteiger partial charge on any atom is -0.310 e. The number of hydrogen-bond donors (Lipinski definition) is 2. The van der Waals surface area contributed by atoms with Gasteiger partial charge in [-0.15, -0.1) is 0 Å². The fourth-order valence-electron chi connectivity index (χ4n) is 1.56. The Morgan fingerprint density at radius 3 is 2.47 bits per heavy atom. The van der Waals surface area contributed by atoms with Gasteiger partial charge in [0, 0.05) is 12.6 Å². The third-order valence-corrected chi connectivity index (χ3v) is 4.08. The fourth-order valence-corrected chi connectivity index (χ4v) is 2.39. The van der Waals surface area contributed by atoms with E-state index in [1.807, 2.05) is 19.1 Å². The molecule has 0 aliphatic heterocycles. The average molecular weight is 325 g/mol. The molecule has 0 spiro atoms. The van der Waals surface area contributed by atoms with Gasteiger partial charge in [-0.3, -0.25) is 0 Å². The fraction of sp³-hybridized carbons (Fsp3) is 0.500. The first-order valence-electron chi connectivity index (χ1n) is 5.92. The van der Waals surface area contributed by atoms with Gasteiger partial charge in [-0.2, -0.15) is 0 Å². The molecule has 19 heavy (non-hydrogen) atoms. The highest BCUT2D eigenvalue weighted by atomic mass is 35.5. The zero-order chi connectivity index (χ0) is 14.5. The third-order valence-electron chi connectivity index (χ3n) is 2.61. The van der Waals surface area contributed by atoms with Crippen LogP contribution in [0.25, 0.3) is 0 Å². The van der Waals surface area contributed by atoms with Crippen LogP contribution in [0.3, 0.4) is 0 Å². The van der Waals surface area contributed by atoms with Crippen molar-refractivity contribution in [3.8, 4) is 0 Å². The van der Waals surface area contributed by atoms with Crippen molar-refractivity contribution in [3.63, 3.8) is 0 Å². The Bertz CT molecular complexity index is 520. The molecule has 0 heterocycles. The Balaban J connectivity index is 2.35. The Hall–Kier alpha value is -0.330. The van der Waals surface area contributed by atoms with Crippen molar-refractivity contribution in [2.45, 2.75) is 19.4 Å². The van der Waals surface area contributed by atoms with Crippen molar-refractivity contribution < 1.29 is 8.42 Å². The van der Waals surface area contributed by atoms with E-state index in [0.29, 0.717) is 23.1 Å². The second kappa shape index (κ2) is 7.45. The minimum absolute atomic E-state index is 0.132. The summed E-state index contributed by atoms with van der Waals surface area (Å²) in [5.74, 6) is 0. The van der Waals surface area contributed by atoms with Crippen LogP contribution in [-0.4, -0.2) is 27.8 Å². The van der Waals surface area contributed by atoms with E-state index in [-0.39, 0.29) is 6.04 Å². The molecule has 0 fully saturated rings. The monoisotopic (exact) mass is 324 g/mol. The Morgan fingerprint density at radius 1 is 1.21 bits per heavy atom. The van der Waals surface area contributed by atoms with Gasteiger partial charge in [0.1, 0.15) is 0 Å². The Morgan fingerprint density at radius 2 is 1.89 bits per heavy atom. The Kier molecular flexibility index (Phi) is 6.56. The normalized spacial score (nSPS) is 13.5. The lowest BCUT2D eigenvalue weighted by Crippen LogP contribution is -2.27. The predicted molar refractivity (Wildman–Crippen MR) is 80.3 cm³/mol. The molecule has 1 rings (SSSR count). The quantitative estimate of drug-likeness (QED) is 0.758. The predicted octanol–water partition coefficient (Wildman–Crippen LogP) is 2.58. The standard InChI is InChI=1S/C12H18Cl2N2O2S/c1-9(10-4-5-11(13)12(14)8-10)15-6-3-7-16-19(2,17)18/h4-5,8-9,15-16H,3,6-7H2,1-2H3.